The topological polar surface area (TPSA) is 22.8 Å². The summed E-state index contributed by atoms with van der Waals surface area (Å²) in [6.45, 7) is 2.16. The van der Waals surface area contributed by atoms with E-state index in [2.05, 4.69) is 174 Å². The summed E-state index contributed by atoms with van der Waals surface area (Å²) >= 11 is 1.77. The van der Waals surface area contributed by atoms with Gasteiger partial charge in [-0.15, -0.1) is 11.3 Å². The highest BCUT2D eigenvalue weighted by atomic mass is 32.1. The van der Waals surface area contributed by atoms with E-state index in [1.54, 1.807) is 11.3 Å². The average Bonchev–Trinajstić information content (AvgIpc) is 3.82. The zero-order valence-electron chi connectivity index (χ0n) is 26.3. The van der Waals surface area contributed by atoms with Gasteiger partial charge in [0.2, 0.25) is 0 Å². The fourth-order valence-electron chi connectivity index (χ4n) is 7.49. The summed E-state index contributed by atoms with van der Waals surface area (Å²) in [5.41, 5.74) is 13.0. The minimum atomic E-state index is 1.03. The molecule has 0 aliphatic rings. The van der Waals surface area contributed by atoms with Crippen LogP contribution in [0.25, 0.3) is 86.9 Å². The zero-order chi connectivity index (χ0) is 31.8. The van der Waals surface area contributed by atoms with Crippen LogP contribution in [-0.2, 0) is 0 Å². The maximum absolute atomic E-state index is 5.11. The summed E-state index contributed by atoms with van der Waals surface area (Å²) in [5, 5.41) is 6.03. The van der Waals surface area contributed by atoms with E-state index in [1.165, 1.54) is 70.7 Å². The van der Waals surface area contributed by atoms with Crippen molar-refractivity contribution < 1.29 is 0 Å². The third kappa shape index (κ3) is 4.03. The molecular weight excluding hydrogens is 603 g/mol. The van der Waals surface area contributed by atoms with Crippen LogP contribution < -0.4 is 0 Å². The Labute approximate surface area is 281 Å². The first-order chi connectivity index (χ1) is 23.7. The number of aromatic nitrogens is 3. The van der Waals surface area contributed by atoms with Crippen LogP contribution in [0.5, 0.6) is 0 Å². The molecule has 0 saturated heterocycles. The summed E-state index contributed by atoms with van der Waals surface area (Å²) in [6.07, 6.45) is 0. The summed E-state index contributed by atoms with van der Waals surface area (Å²) in [7, 11) is 0. The highest BCUT2D eigenvalue weighted by Gasteiger charge is 2.21. The molecule has 4 heteroatoms. The first-order valence-corrected chi connectivity index (χ1v) is 17.1. The lowest BCUT2D eigenvalue weighted by Gasteiger charge is -2.13. The molecule has 0 unspecified atom stereocenters. The average molecular weight is 632 g/mol. The van der Waals surface area contributed by atoms with E-state index < -0.39 is 0 Å². The van der Waals surface area contributed by atoms with Crippen LogP contribution in [0, 0.1) is 6.92 Å². The molecule has 10 rings (SSSR count). The lowest BCUT2D eigenvalue weighted by molar-refractivity contribution is 1.17. The second kappa shape index (κ2) is 10.5. The Kier molecular flexibility index (Phi) is 5.96. The first kappa shape index (κ1) is 27.2. The van der Waals surface area contributed by atoms with Crippen molar-refractivity contribution in [2.24, 2.45) is 0 Å². The lowest BCUT2D eigenvalue weighted by atomic mass is 9.99. The molecule has 3 heterocycles. The Hall–Kier alpha value is -5.97. The van der Waals surface area contributed by atoms with Crippen LogP contribution in [-0.4, -0.2) is 14.1 Å². The van der Waals surface area contributed by atoms with E-state index in [0.717, 1.165) is 21.8 Å². The fourth-order valence-corrected chi connectivity index (χ4v) is 8.60. The molecule has 3 nitrogen and oxygen atoms in total. The Morgan fingerprint density at radius 3 is 2.02 bits per heavy atom. The molecule has 0 fully saturated rings. The number of para-hydroxylation sites is 3. The van der Waals surface area contributed by atoms with Gasteiger partial charge in [-0.2, -0.15) is 0 Å². The van der Waals surface area contributed by atoms with Crippen LogP contribution in [0.1, 0.15) is 5.56 Å². The van der Waals surface area contributed by atoms with Crippen molar-refractivity contribution >= 4 is 65.2 Å². The summed E-state index contributed by atoms with van der Waals surface area (Å²) < 4.78 is 6.07. The molecule has 0 atom stereocenters. The highest BCUT2D eigenvalue weighted by molar-refractivity contribution is 7.22. The van der Waals surface area contributed by atoms with Crippen molar-refractivity contribution in [3.8, 4) is 33.1 Å². The monoisotopic (exact) mass is 631 g/mol. The summed E-state index contributed by atoms with van der Waals surface area (Å²) in [4.78, 5) is 5.11. The summed E-state index contributed by atoms with van der Waals surface area (Å²) in [6, 6.07) is 57.0. The molecule has 10 aromatic rings. The van der Waals surface area contributed by atoms with Crippen LogP contribution in [0.2, 0.25) is 0 Å². The molecule has 0 aliphatic carbocycles. The zero-order valence-corrected chi connectivity index (χ0v) is 27.1. The molecule has 0 aliphatic heterocycles. The van der Waals surface area contributed by atoms with Crippen molar-refractivity contribution in [3.05, 3.63) is 163 Å². The van der Waals surface area contributed by atoms with Crippen LogP contribution in [0.15, 0.2) is 158 Å². The second-order valence-electron chi connectivity index (χ2n) is 12.5. The smallest absolute Gasteiger partial charge is 0.124 e. The van der Waals surface area contributed by atoms with Crippen molar-refractivity contribution in [1.82, 2.24) is 14.1 Å². The van der Waals surface area contributed by atoms with Gasteiger partial charge in [0.25, 0.3) is 0 Å². The van der Waals surface area contributed by atoms with Gasteiger partial charge in [0, 0.05) is 44.0 Å². The molecule has 48 heavy (non-hydrogen) atoms. The highest BCUT2D eigenvalue weighted by Crippen LogP contribution is 2.43. The maximum atomic E-state index is 5.11. The minimum Gasteiger partial charge on any atom is -0.309 e. The van der Waals surface area contributed by atoms with Crippen molar-refractivity contribution in [1.29, 1.82) is 0 Å². The van der Waals surface area contributed by atoms with Crippen molar-refractivity contribution in [2.75, 3.05) is 0 Å². The molecule has 0 bridgehead atoms. The number of hydrogen-bond acceptors (Lipinski definition) is 2. The van der Waals surface area contributed by atoms with Crippen LogP contribution in [0.3, 0.4) is 0 Å². The van der Waals surface area contributed by atoms with Crippen LogP contribution >= 0.6 is 11.3 Å². The number of fused-ring (bicyclic) bond motifs is 8. The molecule has 7 aromatic carbocycles. The van der Waals surface area contributed by atoms with Crippen LogP contribution in [0.4, 0.5) is 0 Å². The normalized spacial score (nSPS) is 11.9. The molecular formula is C44H29N3S. The Balaban J connectivity index is 1.28. The van der Waals surface area contributed by atoms with E-state index in [1.807, 2.05) is 0 Å². The molecule has 0 spiro atoms. The Morgan fingerprint density at radius 1 is 0.479 bits per heavy atom. The Bertz CT molecular complexity index is 2840. The Morgan fingerprint density at radius 2 is 1.17 bits per heavy atom. The molecule has 0 saturated carbocycles. The van der Waals surface area contributed by atoms with Gasteiger partial charge in [-0.25, -0.2) is 4.98 Å². The van der Waals surface area contributed by atoms with Gasteiger partial charge in [0.15, 0.2) is 0 Å². The quantitative estimate of drug-likeness (QED) is 0.189. The van der Waals surface area contributed by atoms with E-state index in [0.29, 0.717) is 0 Å². The van der Waals surface area contributed by atoms with E-state index in [4.69, 9.17) is 4.98 Å². The fraction of sp³-hybridized carbons (Fsp3) is 0.0227. The van der Waals surface area contributed by atoms with Crippen molar-refractivity contribution in [3.63, 3.8) is 0 Å². The predicted molar refractivity (Wildman–Crippen MR) is 204 cm³/mol. The van der Waals surface area contributed by atoms with Gasteiger partial charge in [0.05, 0.1) is 32.3 Å². The van der Waals surface area contributed by atoms with Crippen molar-refractivity contribution in [2.45, 2.75) is 6.92 Å². The number of rotatable bonds is 4. The van der Waals surface area contributed by atoms with Gasteiger partial charge in [-0.3, -0.25) is 0 Å². The molecule has 3 aromatic heterocycles. The number of thiazole rings is 1. The van der Waals surface area contributed by atoms with Gasteiger partial charge < -0.3 is 9.13 Å². The largest absolute Gasteiger partial charge is 0.309 e. The second-order valence-corrected chi connectivity index (χ2v) is 13.5. The summed E-state index contributed by atoms with van der Waals surface area (Å²) in [5.74, 6) is 0. The molecule has 226 valence electrons. The van der Waals surface area contributed by atoms with Gasteiger partial charge in [0.1, 0.15) is 5.01 Å². The minimum absolute atomic E-state index is 1.03. The third-order valence-corrected chi connectivity index (χ3v) is 10.7. The standard InChI is InChI=1S/C44H29N3S/c1-28-12-10-17-32(26-28)47-39-21-9-8-18-34(39)35-20-11-19-33(41(35)47)30-22-25-40-37(27-30)36-23-24-38-43(42(36)46(40)31-15-6-3-7-16-31)48-44(45-38)29-13-4-2-5-14-29/h2-27H,1H3. The SMILES string of the molecule is Cc1cccc(-n2c3ccccc3c3cccc(-c4ccc5c(c4)c4ccc6nc(-c7ccccc7)sc6c4n5-c4ccccc4)c32)c1. The number of nitrogens with zero attached hydrogens (tertiary/aromatic N) is 3. The third-order valence-electron chi connectivity index (χ3n) is 9.58. The van der Waals surface area contributed by atoms with E-state index >= 15 is 0 Å². The maximum Gasteiger partial charge on any atom is 0.124 e. The molecule has 0 amide bonds. The number of benzene rings is 7. The first-order valence-electron chi connectivity index (χ1n) is 16.3. The van der Waals surface area contributed by atoms with E-state index in [9.17, 15) is 0 Å². The van der Waals surface area contributed by atoms with Gasteiger partial charge in [-0.1, -0.05) is 103 Å². The predicted octanol–water partition coefficient (Wildman–Crippen LogP) is 12.1. The van der Waals surface area contributed by atoms with E-state index in [-0.39, 0.29) is 0 Å². The van der Waals surface area contributed by atoms with Gasteiger partial charge in [-0.05, 0) is 72.6 Å². The molecule has 0 radical (unpaired) electrons. The number of aryl methyl sites for hydroxylation is 1. The molecule has 0 N–H and O–H groups in total. The lowest BCUT2D eigenvalue weighted by Crippen LogP contribution is -1.96. The number of hydrogen-bond donors (Lipinski definition) is 0. The van der Waals surface area contributed by atoms with Gasteiger partial charge >= 0.3 is 0 Å².